The van der Waals surface area contributed by atoms with Crippen molar-refractivity contribution < 1.29 is 17.2 Å². The molecule has 0 spiro atoms. The Balaban J connectivity index is 1.70. The van der Waals surface area contributed by atoms with E-state index in [-0.39, 0.29) is 4.90 Å². The predicted molar refractivity (Wildman–Crippen MR) is 78.8 cm³/mol. The first kappa shape index (κ1) is 15.8. The van der Waals surface area contributed by atoms with Crippen molar-refractivity contribution in [2.75, 3.05) is 26.2 Å². The van der Waals surface area contributed by atoms with Gasteiger partial charge in [0.05, 0.1) is 4.90 Å². The zero-order chi connectivity index (χ0) is 15.7. The smallest absolute Gasteiger partial charge is 0.243 e. The van der Waals surface area contributed by atoms with Crippen LogP contribution in [0.4, 0.5) is 8.78 Å². The van der Waals surface area contributed by atoms with Gasteiger partial charge in [-0.25, -0.2) is 17.2 Å². The maximum Gasteiger partial charge on any atom is 0.243 e. The van der Waals surface area contributed by atoms with Crippen LogP contribution < -0.4 is 5.32 Å². The van der Waals surface area contributed by atoms with Crippen molar-refractivity contribution >= 4 is 10.0 Å². The Labute approximate surface area is 129 Å². The zero-order valence-corrected chi connectivity index (χ0v) is 13.1. The Hall–Kier alpha value is -1.05. The minimum atomic E-state index is -3.74. The van der Waals surface area contributed by atoms with Crippen LogP contribution in [-0.2, 0) is 10.0 Å². The molecule has 7 heteroatoms. The summed E-state index contributed by atoms with van der Waals surface area (Å²) >= 11 is 0. The SMILES string of the molecule is O=S(=O)(c1ccc(F)c(F)c1)N1CCC(C2CCNC2)CC1. The number of nitrogens with one attached hydrogen (secondary N) is 1. The van der Waals surface area contributed by atoms with E-state index in [1.807, 2.05) is 0 Å². The van der Waals surface area contributed by atoms with Crippen LogP contribution in [0.3, 0.4) is 0 Å². The standard InChI is InChI=1S/C15H20F2N2O2S/c16-14-2-1-13(9-15(14)17)22(20,21)19-7-4-11(5-8-19)12-3-6-18-10-12/h1-2,9,11-12,18H,3-8,10H2. The van der Waals surface area contributed by atoms with Crippen LogP contribution in [0.1, 0.15) is 19.3 Å². The van der Waals surface area contributed by atoms with Crippen molar-refractivity contribution in [1.29, 1.82) is 0 Å². The van der Waals surface area contributed by atoms with E-state index in [4.69, 9.17) is 0 Å². The molecule has 1 N–H and O–H groups in total. The number of benzene rings is 1. The highest BCUT2D eigenvalue weighted by molar-refractivity contribution is 7.89. The summed E-state index contributed by atoms with van der Waals surface area (Å²) in [6, 6.07) is 2.75. The first-order valence-electron chi connectivity index (χ1n) is 7.64. The molecule has 0 bridgehead atoms. The number of rotatable bonds is 3. The second-order valence-electron chi connectivity index (χ2n) is 6.07. The molecule has 1 aromatic rings. The predicted octanol–water partition coefficient (Wildman–Crippen LogP) is 1.98. The number of halogens is 2. The van der Waals surface area contributed by atoms with Gasteiger partial charge in [-0.05, 0) is 62.4 Å². The van der Waals surface area contributed by atoms with E-state index >= 15 is 0 Å². The van der Waals surface area contributed by atoms with Crippen LogP contribution in [0.25, 0.3) is 0 Å². The summed E-state index contributed by atoms with van der Waals surface area (Å²) in [5.74, 6) is -0.987. The first-order chi connectivity index (χ1) is 10.5. The van der Waals surface area contributed by atoms with E-state index in [1.54, 1.807) is 0 Å². The third-order valence-corrected chi connectivity index (χ3v) is 6.69. The number of piperidine rings is 1. The Morgan fingerprint density at radius 1 is 1.05 bits per heavy atom. The largest absolute Gasteiger partial charge is 0.316 e. The maximum absolute atomic E-state index is 13.3. The van der Waals surface area contributed by atoms with Crippen molar-refractivity contribution in [3.63, 3.8) is 0 Å². The highest BCUT2D eigenvalue weighted by Crippen LogP contribution is 2.31. The number of hydrogen-bond acceptors (Lipinski definition) is 3. The van der Waals surface area contributed by atoms with Crippen molar-refractivity contribution in [2.24, 2.45) is 11.8 Å². The van der Waals surface area contributed by atoms with Gasteiger partial charge in [-0.2, -0.15) is 4.31 Å². The fourth-order valence-corrected chi connectivity index (χ4v) is 4.94. The number of nitrogens with zero attached hydrogens (tertiary/aromatic N) is 1. The van der Waals surface area contributed by atoms with Gasteiger partial charge in [-0.15, -0.1) is 0 Å². The Morgan fingerprint density at radius 3 is 2.36 bits per heavy atom. The summed E-state index contributed by atoms with van der Waals surface area (Å²) in [4.78, 5) is -0.174. The molecular formula is C15H20F2N2O2S. The van der Waals surface area contributed by atoms with E-state index in [0.29, 0.717) is 24.9 Å². The molecule has 2 heterocycles. The second kappa shape index (κ2) is 6.22. The minimum absolute atomic E-state index is 0.174. The fraction of sp³-hybridized carbons (Fsp3) is 0.600. The molecule has 0 aromatic heterocycles. The monoisotopic (exact) mass is 330 g/mol. The third-order valence-electron chi connectivity index (χ3n) is 4.79. The summed E-state index contributed by atoms with van der Waals surface area (Å²) < 4.78 is 52.6. The number of sulfonamides is 1. The second-order valence-corrected chi connectivity index (χ2v) is 8.01. The van der Waals surface area contributed by atoms with Crippen LogP contribution >= 0.6 is 0 Å². The maximum atomic E-state index is 13.3. The highest BCUT2D eigenvalue weighted by atomic mass is 32.2. The van der Waals surface area contributed by atoms with Gasteiger partial charge < -0.3 is 5.32 Å². The third kappa shape index (κ3) is 3.02. The van der Waals surface area contributed by atoms with Crippen LogP contribution in [0.15, 0.2) is 23.1 Å². The quantitative estimate of drug-likeness (QED) is 0.922. The molecule has 2 aliphatic rings. The van der Waals surface area contributed by atoms with Crippen molar-refractivity contribution in [3.8, 4) is 0 Å². The van der Waals surface area contributed by atoms with Crippen LogP contribution in [0.5, 0.6) is 0 Å². The normalized spacial score (nSPS) is 24.7. The summed E-state index contributed by atoms with van der Waals surface area (Å²) in [6.07, 6.45) is 2.81. The Bertz CT molecular complexity index is 637. The van der Waals surface area contributed by atoms with Crippen molar-refractivity contribution in [1.82, 2.24) is 9.62 Å². The molecule has 1 atom stereocenters. The van der Waals surface area contributed by atoms with Crippen LogP contribution in [0.2, 0.25) is 0 Å². The van der Waals surface area contributed by atoms with E-state index in [1.165, 1.54) is 4.31 Å². The van der Waals surface area contributed by atoms with Gasteiger partial charge in [0, 0.05) is 13.1 Å². The Kier molecular flexibility index (Phi) is 4.47. The van der Waals surface area contributed by atoms with E-state index in [2.05, 4.69) is 5.32 Å². The lowest BCUT2D eigenvalue weighted by Crippen LogP contribution is -2.40. The first-order valence-corrected chi connectivity index (χ1v) is 9.08. The van der Waals surface area contributed by atoms with Crippen LogP contribution in [-0.4, -0.2) is 38.9 Å². The molecule has 3 rings (SSSR count). The summed E-state index contributed by atoms with van der Waals surface area (Å²) in [6.45, 7) is 2.95. The molecule has 2 fully saturated rings. The van der Waals surface area contributed by atoms with Gasteiger partial charge in [0.1, 0.15) is 0 Å². The van der Waals surface area contributed by atoms with E-state index in [0.717, 1.165) is 50.6 Å². The molecule has 122 valence electrons. The molecule has 0 radical (unpaired) electrons. The van der Waals surface area contributed by atoms with Crippen molar-refractivity contribution in [2.45, 2.75) is 24.2 Å². The zero-order valence-electron chi connectivity index (χ0n) is 12.3. The van der Waals surface area contributed by atoms with Gasteiger partial charge in [0.2, 0.25) is 10.0 Å². The summed E-state index contributed by atoms with van der Waals surface area (Å²) in [5.41, 5.74) is 0. The van der Waals surface area contributed by atoms with Gasteiger partial charge in [0.15, 0.2) is 11.6 Å². The molecule has 4 nitrogen and oxygen atoms in total. The minimum Gasteiger partial charge on any atom is -0.316 e. The molecule has 1 aromatic carbocycles. The van der Waals surface area contributed by atoms with E-state index in [9.17, 15) is 17.2 Å². The summed E-state index contributed by atoms with van der Waals surface area (Å²) in [7, 11) is -3.74. The number of hydrogen-bond donors (Lipinski definition) is 1. The van der Waals surface area contributed by atoms with Crippen LogP contribution in [0, 0.1) is 23.5 Å². The topological polar surface area (TPSA) is 49.4 Å². The van der Waals surface area contributed by atoms with Crippen molar-refractivity contribution in [3.05, 3.63) is 29.8 Å². The summed E-state index contributed by atoms with van der Waals surface area (Å²) in [5, 5.41) is 3.34. The Morgan fingerprint density at radius 2 is 1.77 bits per heavy atom. The highest BCUT2D eigenvalue weighted by Gasteiger charge is 2.33. The average Bonchev–Trinajstić information content (AvgIpc) is 3.04. The average molecular weight is 330 g/mol. The lowest BCUT2D eigenvalue weighted by atomic mass is 9.84. The lowest BCUT2D eigenvalue weighted by Gasteiger charge is -2.33. The molecule has 1 unspecified atom stereocenters. The molecule has 22 heavy (non-hydrogen) atoms. The van der Waals surface area contributed by atoms with Gasteiger partial charge in [-0.3, -0.25) is 0 Å². The fourth-order valence-electron chi connectivity index (χ4n) is 3.45. The molecule has 0 saturated carbocycles. The van der Waals surface area contributed by atoms with Gasteiger partial charge >= 0.3 is 0 Å². The lowest BCUT2D eigenvalue weighted by molar-refractivity contribution is 0.216. The molecule has 2 saturated heterocycles. The molecule has 0 aliphatic carbocycles. The van der Waals surface area contributed by atoms with Gasteiger partial charge in [0.25, 0.3) is 0 Å². The molecule has 0 amide bonds. The van der Waals surface area contributed by atoms with Gasteiger partial charge in [-0.1, -0.05) is 0 Å². The molecule has 2 aliphatic heterocycles. The molecular weight excluding hydrogens is 310 g/mol. The van der Waals surface area contributed by atoms with E-state index < -0.39 is 21.7 Å².